The molecule has 2 fully saturated rings. The van der Waals surface area contributed by atoms with Gasteiger partial charge in [-0.3, -0.25) is 29.4 Å². The van der Waals surface area contributed by atoms with Gasteiger partial charge in [0.05, 0.1) is 42.9 Å². The smallest absolute Gasteiger partial charge is 0.284 e. The second kappa shape index (κ2) is 10.1. The summed E-state index contributed by atoms with van der Waals surface area (Å²) in [7, 11) is 0. The fourth-order valence-corrected chi connectivity index (χ4v) is 9.04. The lowest BCUT2D eigenvalue weighted by molar-refractivity contribution is -0.387. The number of carbonyl (C=O) groups excluding carboxylic acids is 2. The minimum atomic E-state index is -0.461. The van der Waals surface area contributed by atoms with Gasteiger partial charge in [-0.25, -0.2) is 9.97 Å². The third-order valence-corrected chi connectivity index (χ3v) is 11.4. The van der Waals surface area contributed by atoms with Crippen molar-refractivity contribution in [2.24, 2.45) is 11.8 Å². The highest BCUT2D eigenvalue weighted by molar-refractivity contribution is 8.01. The molecule has 5 aromatic rings. The number of rotatable bonds is 5. The number of nitrogens with one attached hydrogen (secondary N) is 1. The van der Waals surface area contributed by atoms with Gasteiger partial charge in [0.1, 0.15) is 10.7 Å². The molecule has 0 unspecified atom stereocenters. The number of hydrogen-bond donors (Lipinski definition) is 1. The molecule has 1 aliphatic carbocycles. The normalized spacial score (nSPS) is 18.8. The minimum absolute atomic E-state index is 0.127. The second-order valence-electron chi connectivity index (χ2n) is 10.6. The molecule has 1 N–H and O–H groups in total. The molecule has 4 heterocycles. The monoisotopic (exact) mass is 617 g/mol. The molecular formula is C29H23N5O5S3. The summed E-state index contributed by atoms with van der Waals surface area (Å²) in [5, 5.41) is 12.6. The molecule has 42 heavy (non-hydrogen) atoms. The number of nitrogens with zero attached hydrogens (tertiary/aromatic N) is 4. The molecule has 13 heteroatoms. The number of aryl methyl sites for hydroxylation is 2. The van der Waals surface area contributed by atoms with E-state index in [-0.39, 0.29) is 40.7 Å². The van der Waals surface area contributed by atoms with Crippen molar-refractivity contribution >= 4 is 78.1 Å². The van der Waals surface area contributed by atoms with Gasteiger partial charge in [0, 0.05) is 16.5 Å². The van der Waals surface area contributed by atoms with Gasteiger partial charge in [0.25, 0.3) is 11.2 Å². The van der Waals surface area contributed by atoms with Crippen molar-refractivity contribution in [1.29, 1.82) is 0 Å². The van der Waals surface area contributed by atoms with Gasteiger partial charge in [-0.2, -0.15) is 0 Å². The van der Waals surface area contributed by atoms with E-state index in [1.54, 1.807) is 30.3 Å². The Labute approximate surface area is 251 Å². The third-order valence-electron chi connectivity index (χ3n) is 8.12. The molecule has 2 aromatic carbocycles. The number of carbonyl (C=O) groups is 2. The number of hydrogen-bond acceptors (Lipinski definition) is 10. The maximum absolute atomic E-state index is 13.1. The number of nitro groups is 1. The highest BCUT2D eigenvalue weighted by Crippen LogP contribution is 2.43. The van der Waals surface area contributed by atoms with Crippen LogP contribution in [0.15, 0.2) is 50.4 Å². The third kappa shape index (κ3) is 4.34. The minimum Gasteiger partial charge on any atom is -0.306 e. The van der Waals surface area contributed by atoms with Gasteiger partial charge in [0.15, 0.2) is 4.34 Å². The van der Waals surface area contributed by atoms with Crippen LogP contribution in [0.3, 0.4) is 0 Å². The molecule has 1 saturated carbocycles. The molecule has 10 nitrogen and oxygen atoms in total. The van der Waals surface area contributed by atoms with E-state index in [1.165, 1.54) is 45.4 Å². The molecule has 1 saturated heterocycles. The standard InChI is InChI=1S/C29H23N5O5S3/c1-13-14(2)40-26-23(13)25(35)31-24(32-26)15-7-10-21(20(11-15)34(38)39)41-29-30-19-9-8-16(12-22(19)42-29)33-27(36)17-5-3-4-6-18(17)28(33)37/h7-12,17-18H,3-6H2,1-2H3,(H,31,32,35)/t17-,18-/m0/s1. The Hall–Kier alpha value is -3.94. The second-order valence-corrected chi connectivity index (χ2v) is 14.1. The van der Waals surface area contributed by atoms with Crippen molar-refractivity contribution in [2.75, 3.05) is 4.90 Å². The summed E-state index contributed by atoms with van der Waals surface area (Å²) in [6.45, 7) is 3.80. The van der Waals surface area contributed by atoms with Crippen LogP contribution in [0, 0.1) is 35.8 Å². The zero-order chi connectivity index (χ0) is 29.3. The van der Waals surface area contributed by atoms with Gasteiger partial charge >= 0.3 is 0 Å². The van der Waals surface area contributed by atoms with E-state index >= 15 is 0 Å². The van der Waals surface area contributed by atoms with Gasteiger partial charge in [-0.05, 0) is 62.6 Å². The highest BCUT2D eigenvalue weighted by atomic mass is 32.2. The predicted octanol–water partition coefficient (Wildman–Crippen LogP) is 6.62. The molecule has 0 bridgehead atoms. The number of aromatic nitrogens is 3. The summed E-state index contributed by atoms with van der Waals surface area (Å²) < 4.78 is 1.37. The first-order valence-electron chi connectivity index (χ1n) is 13.4. The van der Waals surface area contributed by atoms with E-state index in [0.717, 1.165) is 40.8 Å². The Morgan fingerprint density at radius 3 is 2.45 bits per heavy atom. The van der Waals surface area contributed by atoms with E-state index in [0.29, 0.717) is 36.2 Å². The largest absolute Gasteiger partial charge is 0.306 e. The first-order chi connectivity index (χ1) is 20.2. The maximum atomic E-state index is 13.1. The van der Waals surface area contributed by atoms with Crippen LogP contribution in [-0.4, -0.2) is 31.7 Å². The van der Waals surface area contributed by atoms with Crippen LogP contribution in [0.1, 0.15) is 36.1 Å². The fourth-order valence-electron chi connectivity index (χ4n) is 5.87. The number of amides is 2. The van der Waals surface area contributed by atoms with Crippen molar-refractivity contribution in [1.82, 2.24) is 15.0 Å². The lowest BCUT2D eigenvalue weighted by Gasteiger charge is -2.19. The van der Waals surface area contributed by atoms with E-state index in [1.807, 2.05) is 13.8 Å². The number of imide groups is 1. The van der Waals surface area contributed by atoms with Gasteiger partial charge < -0.3 is 4.98 Å². The number of thiazole rings is 1. The summed E-state index contributed by atoms with van der Waals surface area (Å²) in [4.78, 5) is 65.8. The van der Waals surface area contributed by atoms with Crippen molar-refractivity contribution in [3.63, 3.8) is 0 Å². The Balaban J connectivity index is 1.19. The van der Waals surface area contributed by atoms with Crippen molar-refractivity contribution < 1.29 is 14.5 Å². The quantitative estimate of drug-likeness (QED) is 0.132. The number of thiophene rings is 1. The zero-order valence-corrected chi connectivity index (χ0v) is 25.0. The molecule has 1 aliphatic heterocycles. The molecule has 3 aromatic heterocycles. The molecular weight excluding hydrogens is 595 g/mol. The average molecular weight is 618 g/mol. The SMILES string of the molecule is Cc1sc2nc(-c3ccc(Sc4nc5ccc(N6C(=O)[C@H]7CCCC[C@@H]7C6=O)cc5s4)c([N+](=O)[O-])c3)[nH]c(=O)c2c1C. The highest BCUT2D eigenvalue weighted by Gasteiger charge is 2.48. The number of benzene rings is 2. The van der Waals surface area contributed by atoms with Crippen LogP contribution < -0.4 is 10.5 Å². The Morgan fingerprint density at radius 1 is 1.00 bits per heavy atom. The molecule has 212 valence electrons. The lowest BCUT2D eigenvalue weighted by atomic mass is 9.81. The summed E-state index contributed by atoms with van der Waals surface area (Å²) in [6, 6.07) is 10.1. The van der Waals surface area contributed by atoms with Crippen LogP contribution >= 0.6 is 34.4 Å². The summed E-state index contributed by atoms with van der Waals surface area (Å²) in [5.74, 6) is -0.443. The Morgan fingerprint density at radius 2 is 1.74 bits per heavy atom. The van der Waals surface area contributed by atoms with Crippen molar-refractivity contribution in [2.45, 2.75) is 48.8 Å². The van der Waals surface area contributed by atoms with Crippen LogP contribution in [0.25, 0.3) is 31.8 Å². The van der Waals surface area contributed by atoms with E-state index in [4.69, 9.17) is 0 Å². The molecule has 0 radical (unpaired) electrons. The predicted molar refractivity (Wildman–Crippen MR) is 163 cm³/mol. The van der Waals surface area contributed by atoms with Gasteiger partial charge in [-0.1, -0.05) is 24.6 Å². The number of H-pyrrole nitrogens is 1. The number of aromatic amines is 1. The van der Waals surface area contributed by atoms with Gasteiger partial charge in [-0.15, -0.1) is 22.7 Å². The number of nitro benzene ring substituents is 1. The summed E-state index contributed by atoms with van der Waals surface area (Å²) in [5.41, 5.74) is 2.13. The van der Waals surface area contributed by atoms with E-state index in [9.17, 15) is 24.5 Å². The van der Waals surface area contributed by atoms with E-state index in [2.05, 4.69) is 15.0 Å². The lowest BCUT2D eigenvalue weighted by Crippen LogP contribution is -2.30. The molecule has 2 atom stereocenters. The first kappa shape index (κ1) is 26.9. The Bertz CT molecular complexity index is 2010. The molecule has 2 amide bonds. The molecule has 2 aliphatic rings. The fraction of sp³-hybridized carbons (Fsp3) is 0.276. The molecule has 0 spiro atoms. The van der Waals surface area contributed by atoms with Gasteiger partial charge in [0.2, 0.25) is 11.8 Å². The van der Waals surface area contributed by atoms with Crippen molar-refractivity contribution in [3.05, 3.63) is 67.3 Å². The van der Waals surface area contributed by atoms with Crippen molar-refractivity contribution in [3.8, 4) is 11.4 Å². The summed E-state index contributed by atoms with van der Waals surface area (Å²) >= 11 is 3.93. The van der Waals surface area contributed by atoms with Crippen LogP contribution in [0.2, 0.25) is 0 Å². The van der Waals surface area contributed by atoms with Crippen LogP contribution in [0.4, 0.5) is 11.4 Å². The topological polar surface area (TPSA) is 139 Å². The zero-order valence-electron chi connectivity index (χ0n) is 22.5. The first-order valence-corrected chi connectivity index (χ1v) is 15.9. The van der Waals surface area contributed by atoms with E-state index < -0.39 is 4.92 Å². The summed E-state index contributed by atoms with van der Waals surface area (Å²) in [6.07, 6.45) is 3.43. The maximum Gasteiger partial charge on any atom is 0.284 e. The van der Waals surface area contributed by atoms with Crippen LogP contribution in [-0.2, 0) is 9.59 Å². The number of anilines is 1. The Kier molecular flexibility index (Phi) is 6.48. The molecule has 7 rings (SSSR count). The average Bonchev–Trinajstić information content (AvgIpc) is 3.59. The van der Waals surface area contributed by atoms with Crippen LogP contribution in [0.5, 0.6) is 0 Å². The number of fused-ring (bicyclic) bond motifs is 3.